The molecule has 4 rings (SSSR count). The molecule has 10 heteroatoms. The summed E-state index contributed by atoms with van der Waals surface area (Å²) in [6.07, 6.45) is -4.54. The van der Waals surface area contributed by atoms with Gasteiger partial charge in [-0.05, 0) is 60.7 Å². The van der Waals surface area contributed by atoms with Gasteiger partial charge in [-0.15, -0.1) is 0 Å². The van der Waals surface area contributed by atoms with Crippen molar-refractivity contribution in [2.75, 3.05) is 7.11 Å². The molecule has 170 valence electrons. The fourth-order valence-corrected chi connectivity index (χ4v) is 4.40. The van der Waals surface area contributed by atoms with Crippen LogP contribution in [0.1, 0.15) is 32.4 Å². The van der Waals surface area contributed by atoms with Crippen molar-refractivity contribution in [1.29, 1.82) is 0 Å². The standard InChI is InChI=1S/C23H15F5N2O2S/c1-32-19-12-17(25)10-11-18(19)22-30(29-20(33-22)13-4-8-16(24)9-5-13)21(31)14-2-6-15(7-3-14)23(26,27)28/h2-12,22H,1H3. The number of hydrogen-bond donors (Lipinski definition) is 0. The Kier molecular flexibility index (Phi) is 6.11. The van der Waals surface area contributed by atoms with Crippen molar-refractivity contribution in [2.45, 2.75) is 11.6 Å². The molecule has 0 saturated carbocycles. The zero-order valence-electron chi connectivity index (χ0n) is 16.9. The van der Waals surface area contributed by atoms with Gasteiger partial charge in [0.15, 0.2) is 0 Å². The predicted molar refractivity (Wildman–Crippen MR) is 114 cm³/mol. The number of ether oxygens (including phenoxy) is 1. The number of halogens is 5. The highest BCUT2D eigenvalue weighted by Gasteiger charge is 2.37. The average Bonchev–Trinajstić information content (AvgIpc) is 3.23. The first-order chi connectivity index (χ1) is 15.7. The van der Waals surface area contributed by atoms with Gasteiger partial charge in [0, 0.05) is 22.8 Å². The Morgan fingerprint density at radius 2 is 1.61 bits per heavy atom. The number of methoxy groups -OCH3 is 1. The third-order valence-electron chi connectivity index (χ3n) is 4.86. The van der Waals surface area contributed by atoms with Crippen LogP contribution in [0, 0.1) is 11.6 Å². The van der Waals surface area contributed by atoms with Crippen LogP contribution in [0.2, 0.25) is 0 Å². The van der Waals surface area contributed by atoms with E-state index >= 15 is 0 Å². The van der Waals surface area contributed by atoms with Crippen molar-refractivity contribution < 1.29 is 31.5 Å². The van der Waals surface area contributed by atoms with Gasteiger partial charge in [-0.1, -0.05) is 11.8 Å². The number of thioether (sulfide) groups is 1. The van der Waals surface area contributed by atoms with Crippen LogP contribution in [-0.2, 0) is 6.18 Å². The lowest BCUT2D eigenvalue weighted by Crippen LogP contribution is -2.26. The van der Waals surface area contributed by atoms with Crippen LogP contribution in [0.5, 0.6) is 5.75 Å². The maximum Gasteiger partial charge on any atom is 0.416 e. The summed E-state index contributed by atoms with van der Waals surface area (Å²) < 4.78 is 71.0. The lowest BCUT2D eigenvalue weighted by atomic mass is 10.1. The van der Waals surface area contributed by atoms with Gasteiger partial charge in [-0.25, -0.2) is 13.8 Å². The van der Waals surface area contributed by atoms with E-state index in [0.717, 1.165) is 47.1 Å². The first-order valence-electron chi connectivity index (χ1n) is 9.53. The van der Waals surface area contributed by atoms with Gasteiger partial charge in [0.1, 0.15) is 27.8 Å². The molecule has 1 unspecified atom stereocenters. The SMILES string of the molecule is COc1cc(F)ccc1C1SC(c2ccc(F)cc2)=NN1C(=O)c1ccc(C(F)(F)F)cc1. The molecule has 1 amide bonds. The Morgan fingerprint density at radius 1 is 0.970 bits per heavy atom. The molecule has 3 aromatic rings. The van der Waals surface area contributed by atoms with Crippen LogP contribution in [0.3, 0.4) is 0 Å². The minimum absolute atomic E-state index is 0.0150. The normalized spacial score (nSPS) is 16.0. The fourth-order valence-electron chi connectivity index (χ4n) is 3.22. The van der Waals surface area contributed by atoms with Gasteiger partial charge in [0.2, 0.25) is 0 Å². The monoisotopic (exact) mass is 478 g/mol. The van der Waals surface area contributed by atoms with E-state index in [0.29, 0.717) is 16.2 Å². The Hall–Kier alpha value is -3.40. The van der Waals surface area contributed by atoms with Crippen LogP contribution < -0.4 is 4.74 Å². The summed E-state index contributed by atoms with van der Waals surface area (Å²) in [5.41, 5.74) is 0.0705. The first-order valence-corrected chi connectivity index (χ1v) is 10.4. The molecule has 1 heterocycles. The molecule has 0 fully saturated rings. The Labute approximate surface area is 189 Å². The zero-order chi connectivity index (χ0) is 23.8. The van der Waals surface area contributed by atoms with E-state index in [-0.39, 0.29) is 11.3 Å². The highest BCUT2D eigenvalue weighted by Crippen LogP contribution is 2.45. The molecule has 0 bridgehead atoms. The quantitative estimate of drug-likeness (QED) is 0.417. The molecule has 3 aromatic carbocycles. The fraction of sp³-hybridized carbons (Fsp3) is 0.130. The first kappa shape index (κ1) is 22.8. The number of nitrogens with zero attached hydrogens (tertiary/aromatic N) is 2. The van der Waals surface area contributed by atoms with E-state index in [4.69, 9.17) is 4.74 Å². The molecule has 0 N–H and O–H groups in total. The second kappa shape index (κ2) is 8.86. The van der Waals surface area contributed by atoms with E-state index in [2.05, 4.69) is 5.10 Å². The minimum atomic E-state index is -4.54. The third-order valence-corrected chi connectivity index (χ3v) is 6.08. The largest absolute Gasteiger partial charge is 0.496 e. The van der Waals surface area contributed by atoms with Crippen LogP contribution in [0.15, 0.2) is 71.8 Å². The third kappa shape index (κ3) is 4.70. The van der Waals surface area contributed by atoms with E-state index < -0.39 is 34.7 Å². The highest BCUT2D eigenvalue weighted by atomic mass is 32.2. The second-order valence-electron chi connectivity index (χ2n) is 6.99. The number of carbonyl (C=O) groups excluding carboxylic acids is 1. The van der Waals surface area contributed by atoms with Crippen molar-refractivity contribution in [3.63, 3.8) is 0 Å². The Bertz CT molecular complexity index is 1210. The summed E-state index contributed by atoms with van der Waals surface area (Å²) in [4.78, 5) is 13.2. The molecule has 33 heavy (non-hydrogen) atoms. The van der Waals surface area contributed by atoms with Crippen LogP contribution in [0.25, 0.3) is 0 Å². The van der Waals surface area contributed by atoms with Crippen molar-refractivity contribution in [1.82, 2.24) is 5.01 Å². The van der Waals surface area contributed by atoms with Gasteiger partial charge < -0.3 is 4.74 Å². The molecular formula is C23H15F5N2O2S. The molecule has 1 aliphatic heterocycles. The summed E-state index contributed by atoms with van der Waals surface area (Å²) >= 11 is 1.15. The van der Waals surface area contributed by atoms with Crippen molar-refractivity contribution in [2.24, 2.45) is 5.10 Å². The smallest absolute Gasteiger partial charge is 0.416 e. The van der Waals surface area contributed by atoms with Crippen molar-refractivity contribution in [3.05, 3.63) is 101 Å². The molecule has 0 aromatic heterocycles. The lowest BCUT2D eigenvalue weighted by Gasteiger charge is -2.23. The molecule has 0 saturated heterocycles. The van der Waals surface area contributed by atoms with Crippen LogP contribution in [0.4, 0.5) is 22.0 Å². The zero-order valence-corrected chi connectivity index (χ0v) is 17.8. The number of hydrazone groups is 1. The van der Waals surface area contributed by atoms with E-state index in [1.54, 1.807) is 0 Å². The summed E-state index contributed by atoms with van der Waals surface area (Å²) in [7, 11) is 1.35. The van der Waals surface area contributed by atoms with Crippen molar-refractivity contribution in [3.8, 4) is 5.75 Å². The average molecular weight is 478 g/mol. The van der Waals surface area contributed by atoms with Crippen LogP contribution >= 0.6 is 11.8 Å². The highest BCUT2D eigenvalue weighted by molar-refractivity contribution is 8.14. The number of hydrogen-bond acceptors (Lipinski definition) is 4. The maximum atomic E-state index is 13.7. The second-order valence-corrected chi connectivity index (χ2v) is 8.06. The van der Waals surface area contributed by atoms with Gasteiger partial charge in [-0.3, -0.25) is 4.79 Å². The van der Waals surface area contributed by atoms with E-state index in [1.807, 2.05) is 0 Å². The van der Waals surface area contributed by atoms with Gasteiger partial charge in [0.05, 0.1) is 12.7 Å². The summed E-state index contributed by atoms with van der Waals surface area (Å²) in [6, 6.07) is 13.0. The Morgan fingerprint density at radius 3 is 2.21 bits per heavy atom. The summed E-state index contributed by atoms with van der Waals surface area (Å²) in [5, 5.41) is 5.04. The number of alkyl halides is 3. The number of benzene rings is 3. The molecule has 1 aliphatic rings. The van der Waals surface area contributed by atoms with Crippen molar-refractivity contribution >= 4 is 22.7 Å². The summed E-state index contributed by atoms with van der Waals surface area (Å²) in [5.74, 6) is -1.48. The minimum Gasteiger partial charge on any atom is -0.496 e. The van der Waals surface area contributed by atoms with Crippen LogP contribution in [-0.4, -0.2) is 23.1 Å². The van der Waals surface area contributed by atoms with Gasteiger partial charge >= 0.3 is 6.18 Å². The molecular weight excluding hydrogens is 463 g/mol. The van der Waals surface area contributed by atoms with E-state index in [9.17, 15) is 26.7 Å². The molecule has 1 atom stereocenters. The number of rotatable bonds is 4. The molecule has 0 radical (unpaired) electrons. The topological polar surface area (TPSA) is 41.9 Å². The predicted octanol–water partition coefficient (Wildman–Crippen LogP) is 6.24. The Balaban J connectivity index is 1.74. The van der Waals surface area contributed by atoms with Gasteiger partial charge in [-0.2, -0.15) is 18.3 Å². The number of amides is 1. The maximum absolute atomic E-state index is 13.7. The van der Waals surface area contributed by atoms with Gasteiger partial charge in [0.25, 0.3) is 5.91 Å². The molecule has 0 aliphatic carbocycles. The summed E-state index contributed by atoms with van der Waals surface area (Å²) in [6.45, 7) is 0. The number of carbonyl (C=O) groups is 1. The molecule has 0 spiro atoms. The lowest BCUT2D eigenvalue weighted by molar-refractivity contribution is -0.137. The van der Waals surface area contributed by atoms with E-state index in [1.165, 1.54) is 43.5 Å². The molecule has 4 nitrogen and oxygen atoms in total.